The van der Waals surface area contributed by atoms with Gasteiger partial charge in [0, 0.05) is 26.0 Å². The van der Waals surface area contributed by atoms with Gasteiger partial charge in [0.1, 0.15) is 11.6 Å². The maximum Gasteiger partial charge on any atom is 0.133 e. The van der Waals surface area contributed by atoms with E-state index in [0.29, 0.717) is 12.0 Å². The molecule has 2 aliphatic heterocycles. The average molecular weight is 250 g/mol. The van der Waals surface area contributed by atoms with Crippen molar-refractivity contribution in [2.45, 2.75) is 51.2 Å². The molecule has 2 aliphatic rings. The van der Waals surface area contributed by atoms with E-state index in [1.54, 1.807) is 0 Å². The second-order valence-electron chi connectivity index (χ2n) is 5.45. The van der Waals surface area contributed by atoms with Crippen LogP contribution in [0.15, 0.2) is 0 Å². The fraction of sp³-hybridized carbons (Fsp3) is 0.846. The lowest BCUT2D eigenvalue weighted by Gasteiger charge is -2.22. The van der Waals surface area contributed by atoms with Crippen molar-refractivity contribution in [1.82, 2.24) is 14.8 Å². The topological polar surface area (TPSA) is 66.0 Å². The standard InChI is InChI=1S/C13H22N4O/c14-9-10-5-6-17-12(15-16-13(17)8-10)4-3-11-2-1-7-18-11/h10-11H,1-9,14H2. The highest BCUT2D eigenvalue weighted by Crippen LogP contribution is 2.22. The molecule has 1 aromatic heterocycles. The third-order valence-corrected chi connectivity index (χ3v) is 4.18. The van der Waals surface area contributed by atoms with Gasteiger partial charge < -0.3 is 15.0 Å². The zero-order chi connectivity index (χ0) is 12.4. The van der Waals surface area contributed by atoms with E-state index in [-0.39, 0.29) is 0 Å². The van der Waals surface area contributed by atoms with E-state index in [1.807, 2.05) is 0 Å². The third-order valence-electron chi connectivity index (χ3n) is 4.18. The largest absolute Gasteiger partial charge is 0.378 e. The number of rotatable bonds is 4. The first-order chi connectivity index (χ1) is 8.86. The number of nitrogens with two attached hydrogens (primary N) is 1. The fourth-order valence-electron chi connectivity index (χ4n) is 3.00. The Hall–Kier alpha value is -0.940. The number of ether oxygens (including phenoxy) is 1. The van der Waals surface area contributed by atoms with E-state index >= 15 is 0 Å². The Balaban J connectivity index is 1.61. The van der Waals surface area contributed by atoms with Gasteiger partial charge in [0.05, 0.1) is 6.10 Å². The van der Waals surface area contributed by atoms with Gasteiger partial charge in [0.15, 0.2) is 0 Å². The molecule has 0 aromatic carbocycles. The third kappa shape index (κ3) is 2.42. The summed E-state index contributed by atoms with van der Waals surface area (Å²) in [6.07, 6.45) is 7.08. The zero-order valence-electron chi connectivity index (χ0n) is 10.8. The van der Waals surface area contributed by atoms with Gasteiger partial charge in [0.2, 0.25) is 0 Å². The van der Waals surface area contributed by atoms with Gasteiger partial charge in [-0.25, -0.2) is 0 Å². The first-order valence-electron chi connectivity index (χ1n) is 7.09. The van der Waals surface area contributed by atoms with Gasteiger partial charge in [0.25, 0.3) is 0 Å². The predicted molar refractivity (Wildman–Crippen MR) is 68.2 cm³/mol. The summed E-state index contributed by atoms with van der Waals surface area (Å²) in [5.74, 6) is 2.85. The van der Waals surface area contributed by atoms with Crippen LogP contribution in [-0.2, 0) is 24.1 Å². The molecule has 2 N–H and O–H groups in total. The molecule has 1 aromatic rings. The predicted octanol–water partition coefficient (Wildman–Crippen LogP) is 0.911. The normalized spacial score (nSPS) is 27.4. The molecular formula is C13H22N4O. The van der Waals surface area contributed by atoms with Crippen LogP contribution in [0.1, 0.15) is 37.3 Å². The molecule has 18 heavy (non-hydrogen) atoms. The van der Waals surface area contributed by atoms with Crippen molar-refractivity contribution in [3.63, 3.8) is 0 Å². The van der Waals surface area contributed by atoms with Gasteiger partial charge in [-0.05, 0) is 38.1 Å². The number of hydrogen-bond acceptors (Lipinski definition) is 4. The molecule has 5 nitrogen and oxygen atoms in total. The summed E-state index contributed by atoms with van der Waals surface area (Å²) < 4.78 is 7.95. The summed E-state index contributed by atoms with van der Waals surface area (Å²) in [4.78, 5) is 0. The molecule has 0 bridgehead atoms. The van der Waals surface area contributed by atoms with Crippen LogP contribution in [0.3, 0.4) is 0 Å². The molecule has 3 heterocycles. The maximum atomic E-state index is 5.73. The van der Waals surface area contributed by atoms with Crippen molar-refractivity contribution in [2.75, 3.05) is 13.2 Å². The molecule has 0 amide bonds. The smallest absolute Gasteiger partial charge is 0.133 e. The Morgan fingerprint density at radius 3 is 3.06 bits per heavy atom. The molecule has 100 valence electrons. The Labute approximate surface area is 108 Å². The van der Waals surface area contributed by atoms with E-state index in [9.17, 15) is 0 Å². The summed E-state index contributed by atoms with van der Waals surface area (Å²) in [5, 5.41) is 8.66. The fourth-order valence-corrected chi connectivity index (χ4v) is 3.00. The molecular weight excluding hydrogens is 228 g/mol. The minimum absolute atomic E-state index is 0.443. The molecule has 0 aliphatic carbocycles. The Bertz CT molecular complexity index is 398. The van der Waals surface area contributed by atoms with Crippen molar-refractivity contribution in [3.8, 4) is 0 Å². The van der Waals surface area contributed by atoms with Crippen LogP contribution in [-0.4, -0.2) is 34.0 Å². The molecule has 2 atom stereocenters. The number of nitrogens with zero attached hydrogens (tertiary/aromatic N) is 3. The summed E-state index contributed by atoms with van der Waals surface area (Å²) >= 11 is 0. The second-order valence-corrected chi connectivity index (χ2v) is 5.45. The lowest BCUT2D eigenvalue weighted by atomic mass is 9.98. The first-order valence-corrected chi connectivity index (χ1v) is 7.09. The van der Waals surface area contributed by atoms with Gasteiger partial charge in [-0.15, -0.1) is 10.2 Å². The van der Waals surface area contributed by atoms with Gasteiger partial charge >= 0.3 is 0 Å². The Morgan fingerprint density at radius 1 is 1.33 bits per heavy atom. The van der Waals surface area contributed by atoms with Crippen molar-refractivity contribution in [2.24, 2.45) is 11.7 Å². The number of fused-ring (bicyclic) bond motifs is 1. The summed E-state index contributed by atoms with van der Waals surface area (Å²) in [7, 11) is 0. The van der Waals surface area contributed by atoms with Gasteiger partial charge in [-0.2, -0.15) is 0 Å². The van der Waals surface area contributed by atoms with Crippen LogP contribution >= 0.6 is 0 Å². The van der Waals surface area contributed by atoms with E-state index in [1.165, 1.54) is 12.8 Å². The quantitative estimate of drug-likeness (QED) is 0.862. The lowest BCUT2D eigenvalue weighted by Crippen LogP contribution is -2.26. The molecule has 1 saturated heterocycles. The second kappa shape index (κ2) is 5.36. The molecule has 1 fully saturated rings. The first kappa shape index (κ1) is 12.1. The lowest BCUT2D eigenvalue weighted by molar-refractivity contribution is 0.104. The van der Waals surface area contributed by atoms with E-state index in [4.69, 9.17) is 10.5 Å². The van der Waals surface area contributed by atoms with E-state index < -0.39 is 0 Å². The van der Waals surface area contributed by atoms with E-state index in [0.717, 1.165) is 57.0 Å². The van der Waals surface area contributed by atoms with Crippen molar-refractivity contribution in [1.29, 1.82) is 0 Å². The van der Waals surface area contributed by atoms with Crippen LogP contribution in [0, 0.1) is 5.92 Å². The van der Waals surface area contributed by atoms with Gasteiger partial charge in [-0.1, -0.05) is 0 Å². The SMILES string of the molecule is NCC1CCn2c(CCC3CCCO3)nnc2C1. The highest BCUT2D eigenvalue weighted by Gasteiger charge is 2.23. The monoisotopic (exact) mass is 250 g/mol. The summed E-state index contributed by atoms with van der Waals surface area (Å²) in [6.45, 7) is 2.73. The summed E-state index contributed by atoms with van der Waals surface area (Å²) in [6, 6.07) is 0. The Kier molecular flexibility index (Phi) is 3.61. The van der Waals surface area contributed by atoms with Crippen molar-refractivity contribution < 1.29 is 4.74 Å². The minimum atomic E-state index is 0.443. The maximum absolute atomic E-state index is 5.73. The van der Waals surface area contributed by atoms with Crippen LogP contribution in [0.4, 0.5) is 0 Å². The van der Waals surface area contributed by atoms with Crippen molar-refractivity contribution >= 4 is 0 Å². The number of hydrogen-bond donors (Lipinski definition) is 1. The van der Waals surface area contributed by atoms with Crippen LogP contribution in [0.2, 0.25) is 0 Å². The molecule has 0 saturated carbocycles. The highest BCUT2D eigenvalue weighted by molar-refractivity contribution is 5.01. The number of aromatic nitrogens is 3. The minimum Gasteiger partial charge on any atom is -0.378 e. The van der Waals surface area contributed by atoms with Crippen LogP contribution < -0.4 is 5.73 Å². The van der Waals surface area contributed by atoms with Crippen LogP contribution in [0.5, 0.6) is 0 Å². The highest BCUT2D eigenvalue weighted by atomic mass is 16.5. The Morgan fingerprint density at radius 2 is 2.28 bits per heavy atom. The molecule has 3 rings (SSSR count). The molecule has 5 heteroatoms. The van der Waals surface area contributed by atoms with Crippen molar-refractivity contribution in [3.05, 3.63) is 11.6 Å². The molecule has 0 spiro atoms. The zero-order valence-corrected chi connectivity index (χ0v) is 10.8. The molecule has 0 radical (unpaired) electrons. The van der Waals surface area contributed by atoms with Gasteiger partial charge in [-0.3, -0.25) is 0 Å². The molecule has 2 unspecified atom stereocenters. The number of aryl methyl sites for hydroxylation is 1. The van der Waals surface area contributed by atoms with E-state index in [2.05, 4.69) is 14.8 Å². The van der Waals surface area contributed by atoms with Crippen LogP contribution in [0.25, 0.3) is 0 Å². The summed E-state index contributed by atoms with van der Waals surface area (Å²) in [5.41, 5.74) is 5.73. The average Bonchev–Trinajstić information content (AvgIpc) is 3.05.